The number of aromatic nitrogens is 1. The topological polar surface area (TPSA) is 107 Å². The Labute approximate surface area is 217 Å². The molecule has 36 heavy (non-hydrogen) atoms. The molecule has 2 amide bonds. The van der Waals surface area contributed by atoms with Crippen LogP contribution in [0.4, 0.5) is 11.4 Å². The summed E-state index contributed by atoms with van der Waals surface area (Å²) in [5.74, 6) is -0.886. The standard InChI is InChI=1S/C25H21ClN4O5S/c1-13-5-6-17(11-20(13)26)29-24(32)19(23(31)27-25(29)36)10-16-9-14(2)28(15(16)3)21-8-7-18(30(33)34)12-22(21)35-4/h5-12H,1-4H3,(H,27,31,36)/b19-10+. The van der Waals surface area contributed by atoms with E-state index in [2.05, 4.69) is 5.32 Å². The van der Waals surface area contributed by atoms with Gasteiger partial charge in [0, 0.05) is 22.5 Å². The molecular formula is C25H21ClN4O5S. The van der Waals surface area contributed by atoms with E-state index in [1.54, 1.807) is 24.3 Å². The molecule has 0 radical (unpaired) electrons. The third-order valence-corrected chi connectivity index (χ3v) is 6.59. The third kappa shape index (κ3) is 4.36. The van der Waals surface area contributed by atoms with E-state index < -0.39 is 16.7 Å². The summed E-state index contributed by atoms with van der Waals surface area (Å²) in [6.45, 7) is 5.49. The van der Waals surface area contributed by atoms with Crippen molar-refractivity contribution in [3.05, 3.63) is 85.7 Å². The summed E-state index contributed by atoms with van der Waals surface area (Å²) in [5.41, 5.74) is 3.74. The van der Waals surface area contributed by atoms with Gasteiger partial charge < -0.3 is 9.30 Å². The Morgan fingerprint density at radius 1 is 1.11 bits per heavy atom. The van der Waals surface area contributed by atoms with Gasteiger partial charge in [-0.1, -0.05) is 17.7 Å². The summed E-state index contributed by atoms with van der Waals surface area (Å²) in [6.07, 6.45) is 1.50. The number of nitro groups is 1. The van der Waals surface area contributed by atoms with Crippen molar-refractivity contribution in [2.75, 3.05) is 12.0 Å². The first-order valence-electron chi connectivity index (χ1n) is 10.7. The van der Waals surface area contributed by atoms with Crippen LogP contribution in [0.25, 0.3) is 11.8 Å². The van der Waals surface area contributed by atoms with Crippen molar-refractivity contribution >= 4 is 58.2 Å². The number of hydrogen-bond acceptors (Lipinski definition) is 6. The van der Waals surface area contributed by atoms with Gasteiger partial charge in [-0.2, -0.15) is 0 Å². The fourth-order valence-electron chi connectivity index (χ4n) is 4.04. The van der Waals surface area contributed by atoms with Crippen LogP contribution in [-0.4, -0.2) is 33.5 Å². The van der Waals surface area contributed by atoms with Crippen LogP contribution in [-0.2, 0) is 9.59 Å². The van der Waals surface area contributed by atoms with E-state index in [1.807, 2.05) is 31.4 Å². The number of aryl methyl sites for hydroxylation is 2. The number of benzene rings is 2. The Kier molecular flexibility index (Phi) is 6.66. The molecule has 0 aliphatic carbocycles. The molecule has 1 aliphatic rings. The summed E-state index contributed by atoms with van der Waals surface area (Å²) in [6, 6.07) is 11.2. The van der Waals surface area contributed by atoms with E-state index in [9.17, 15) is 19.7 Å². The summed E-state index contributed by atoms with van der Waals surface area (Å²) < 4.78 is 7.23. The van der Waals surface area contributed by atoms with E-state index in [-0.39, 0.29) is 16.4 Å². The molecular weight excluding hydrogens is 504 g/mol. The number of hydrogen-bond donors (Lipinski definition) is 1. The molecule has 1 fully saturated rings. The van der Waals surface area contributed by atoms with Gasteiger partial charge in [-0.3, -0.25) is 29.9 Å². The molecule has 0 spiro atoms. The van der Waals surface area contributed by atoms with Crippen molar-refractivity contribution in [3.63, 3.8) is 0 Å². The lowest BCUT2D eigenvalue weighted by atomic mass is 10.1. The van der Waals surface area contributed by atoms with Gasteiger partial charge in [0.1, 0.15) is 11.3 Å². The maximum atomic E-state index is 13.4. The minimum atomic E-state index is -0.614. The molecule has 11 heteroatoms. The molecule has 9 nitrogen and oxygen atoms in total. The predicted molar refractivity (Wildman–Crippen MR) is 141 cm³/mol. The number of rotatable bonds is 5. The first-order valence-corrected chi connectivity index (χ1v) is 11.5. The average Bonchev–Trinajstić information content (AvgIpc) is 3.10. The molecule has 1 aromatic heterocycles. The number of amides is 2. The average molecular weight is 525 g/mol. The van der Waals surface area contributed by atoms with E-state index in [0.29, 0.717) is 33.4 Å². The second kappa shape index (κ2) is 9.56. The zero-order valence-corrected chi connectivity index (χ0v) is 21.4. The Morgan fingerprint density at radius 2 is 1.83 bits per heavy atom. The minimum absolute atomic E-state index is 0.0387. The zero-order valence-electron chi connectivity index (χ0n) is 19.8. The molecule has 0 bridgehead atoms. The number of nitrogens with zero attached hydrogens (tertiary/aromatic N) is 3. The van der Waals surface area contributed by atoms with Crippen molar-refractivity contribution in [2.24, 2.45) is 0 Å². The highest BCUT2D eigenvalue weighted by atomic mass is 35.5. The highest BCUT2D eigenvalue weighted by molar-refractivity contribution is 7.80. The van der Waals surface area contributed by atoms with Crippen molar-refractivity contribution in [1.29, 1.82) is 0 Å². The number of methoxy groups -OCH3 is 1. The van der Waals surface area contributed by atoms with E-state index >= 15 is 0 Å². The number of ether oxygens (including phenoxy) is 1. The zero-order chi connectivity index (χ0) is 26.3. The number of carbonyl (C=O) groups is 2. The number of nitrogens with one attached hydrogen (secondary N) is 1. The van der Waals surface area contributed by atoms with Gasteiger partial charge in [-0.15, -0.1) is 0 Å². The van der Waals surface area contributed by atoms with Crippen LogP contribution in [0.1, 0.15) is 22.5 Å². The lowest BCUT2D eigenvalue weighted by Gasteiger charge is -2.29. The molecule has 0 saturated carbocycles. The first-order chi connectivity index (χ1) is 17.0. The number of carbonyl (C=O) groups excluding carboxylic acids is 2. The van der Waals surface area contributed by atoms with E-state index in [0.717, 1.165) is 11.3 Å². The molecule has 3 aromatic rings. The quantitative estimate of drug-likeness (QED) is 0.169. The largest absolute Gasteiger partial charge is 0.494 e. The number of anilines is 1. The summed E-state index contributed by atoms with van der Waals surface area (Å²) in [5, 5.41) is 14.2. The Balaban J connectivity index is 1.78. The first kappa shape index (κ1) is 25.1. The highest BCUT2D eigenvalue weighted by Gasteiger charge is 2.35. The lowest BCUT2D eigenvalue weighted by Crippen LogP contribution is -2.54. The van der Waals surface area contributed by atoms with Crippen LogP contribution >= 0.6 is 23.8 Å². The fourth-order valence-corrected chi connectivity index (χ4v) is 4.49. The molecule has 1 saturated heterocycles. The maximum Gasteiger partial charge on any atom is 0.273 e. The van der Waals surface area contributed by atoms with Crippen molar-refractivity contribution in [3.8, 4) is 11.4 Å². The number of non-ortho nitro benzene ring substituents is 1. The summed E-state index contributed by atoms with van der Waals surface area (Å²) in [7, 11) is 1.43. The Morgan fingerprint density at radius 3 is 2.47 bits per heavy atom. The van der Waals surface area contributed by atoms with Gasteiger partial charge >= 0.3 is 0 Å². The number of nitro benzene ring substituents is 1. The monoisotopic (exact) mass is 524 g/mol. The van der Waals surface area contributed by atoms with Gasteiger partial charge in [-0.05, 0) is 74.5 Å². The van der Waals surface area contributed by atoms with Gasteiger partial charge in [0.05, 0.1) is 29.5 Å². The molecule has 2 aromatic carbocycles. The smallest absolute Gasteiger partial charge is 0.273 e. The van der Waals surface area contributed by atoms with Crippen LogP contribution in [0.2, 0.25) is 5.02 Å². The van der Waals surface area contributed by atoms with E-state index in [4.69, 9.17) is 28.6 Å². The van der Waals surface area contributed by atoms with Gasteiger partial charge in [0.2, 0.25) is 0 Å². The van der Waals surface area contributed by atoms with Gasteiger partial charge in [-0.25, -0.2) is 0 Å². The molecule has 4 rings (SSSR count). The maximum absolute atomic E-state index is 13.4. The van der Waals surface area contributed by atoms with Crippen molar-refractivity contribution in [2.45, 2.75) is 20.8 Å². The number of halogens is 1. The summed E-state index contributed by atoms with van der Waals surface area (Å²) in [4.78, 5) is 38.1. The normalized spacial score (nSPS) is 14.9. The summed E-state index contributed by atoms with van der Waals surface area (Å²) >= 11 is 11.5. The van der Waals surface area contributed by atoms with Crippen LogP contribution in [0.15, 0.2) is 48.0 Å². The van der Waals surface area contributed by atoms with Gasteiger partial charge in [0.15, 0.2) is 5.11 Å². The molecule has 1 N–H and O–H groups in total. The Bertz CT molecular complexity index is 1490. The van der Waals surface area contributed by atoms with Crippen LogP contribution in [0.3, 0.4) is 0 Å². The predicted octanol–water partition coefficient (Wildman–Crippen LogP) is 4.80. The second-order valence-electron chi connectivity index (χ2n) is 8.17. The second-order valence-corrected chi connectivity index (χ2v) is 8.96. The van der Waals surface area contributed by atoms with Crippen LogP contribution < -0.4 is 15.0 Å². The molecule has 0 unspecified atom stereocenters. The molecule has 2 heterocycles. The highest BCUT2D eigenvalue weighted by Crippen LogP contribution is 2.33. The fraction of sp³-hybridized carbons (Fsp3) is 0.160. The molecule has 0 atom stereocenters. The Hall–Kier alpha value is -4.02. The molecule has 1 aliphatic heterocycles. The van der Waals surface area contributed by atoms with E-state index in [1.165, 1.54) is 30.2 Å². The lowest BCUT2D eigenvalue weighted by molar-refractivity contribution is -0.384. The SMILES string of the molecule is COc1cc([N+](=O)[O-])ccc1-n1c(C)cc(/C=C2\C(=O)NC(=S)N(c3ccc(C)c(Cl)c3)C2=O)c1C. The van der Waals surface area contributed by atoms with Crippen molar-refractivity contribution in [1.82, 2.24) is 9.88 Å². The third-order valence-electron chi connectivity index (χ3n) is 5.90. The van der Waals surface area contributed by atoms with Crippen LogP contribution in [0, 0.1) is 30.9 Å². The minimum Gasteiger partial charge on any atom is -0.494 e. The number of thiocarbonyl (C=S) groups is 1. The van der Waals surface area contributed by atoms with Gasteiger partial charge in [0.25, 0.3) is 17.5 Å². The van der Waals surface area contributed by atoms with Crippen LogP contribution in [0.5, 0.6) is 5.75 Å². The molecule has 184 valence electrons. The van der Waals surface area contributed by atoms with Crippen molar-refractivity contribution < 1.29 is 19.2 Å².